The summed E-state index contributed by atoms with van der Waals surface area (Å²) in [6.45, 7) is 0.129. The van der Waals surface area contributed by atoms with Crippen LogP contribution in [0.15, 0.2) is 54.6 Å². The summed E-state index contributed by atoms with van der Waals surface area (Å²) in [5.41, 5.74) is -0.604. The zero-order valence-electron chi connectivity index (χ0n) is 17.6. The van der Waals surface area contributed by atoms with Crippen LogP contribution in [-0.4, -0.2) is 46.9 Å². The third kappa shape index (κ3) is 4.85. The first-order valence-electron chi connectivity index (χ1n) is 10.6. The van der Waals surface area contributed by atoms with E-state index in [4.69, 9.17) is 0 Å². The Kier molecular flexibility index (Phi) is 6.37. The highest BCUT2D eigenvalue weighted by molar-refractivity contribution is 6.01. The minimum absolute atomic E-state index is 0.0523. The minimum Gasteiger partial charge on any atom is -0.324 e. The number of carbonyl (C=O) groups excluding carboxylic acids is 3. The fraction of sp³-hybridized carbons (Fsp3) is 0.348. The van der Waals surface area contributed by atoms with E-state index in [2.05, 4.69) is 10.6 Å². The zero-order chi connectivity index (χ0) is 23.6. The van der Waals surface area contributed by atoms with E-state index in [9.17, 15) is 27.6 Å². The van der Waals surface area contributed by atoms with Gasteiger partial charge in [0.25, 0.3) is 0 Å². The lowest BCUT2D eigenvalue weighted by atomic mass is 9.91. The van der Waals surface area contributed by atoms with Crippen LogP contribution in [0.5, 0.6) is 0 Å². The van der Waals surface area contributed by atoms with Crippen LogP contribution in [-0.2, 0) is 22.3 Å². The second kappa shape index (κ2) is 9.22. The van der Waals surface area contributed by atoms with Crippen LogP contribution < -0.4 is 10.6 Å². The average Bonchev–Trinajstić information content (AvgIpc) is 2.80. The Morgan fingerprint density at radius 2 is 1.76 bits per heavy atom. The van der Waals surface area contributed by atoms with Crippen LogP contribution in [0.1, 0.15) is 24.0 Å². The Balaban J connectivity index is 1.55. The molecule has 4 amide bonds. The van der Waals surface area contributed by atoms with E-state index in [1.54, 1.807) is 24.3 Å². The van der Waals surface area contributed by atoms with E-state index < -0.39 is 42.3 Å². The molecule has 174 valence electrons. The van der Waals surface area contributed by atoms with Crippen molar-refractivity contribution in [3.63, 3.8) is 0 Å². The van der Waals surface area contributed by atoms with Crippen LogP contribution in [0.4, 0.5) is 23.7 Å². The molecule has 2 N–H and O–H groups in total. The standard InChI is InChI=1S/C23H23F3N4O3/c24-23(25,26)17-10-4-5-11-18(17)28-19(31)14-29-20-16(9-6-12-27-20)21(32)30(22(29)33)13-15-7-2-1-3-8-15/h1-5,7-8,10-11,16,20,27H,6,9,12-14H2,(H,28,31). The van der Waals surface area contributed by atoms with E-state index in [1.807, 2.05) is 6.07 Å². The minimum atomic E-state index is -4.64. The van der Waals surface area contributed by atoms with E-state index in [0.29, 0.717) is 13.0 Å². The van der Waals surface area contributed by atoms with Gasteiger partial charge < -0.3 is 5.32 Å². The molecule has 0 aromatic heterocycles. The molecule has 0 spiro atoms. The van der Waals surface area contributed by atoms with Gasteiger partial charge in [0.05, 0.1) is 29.9 Å². The molecule has 2 aromatic rings. The number of alkyl halides is 3. The number of carbonyl (C=O) groups is 3. The summed E-state index contributed by atoms with van der Waals surface area (Å²) in [6, 6.07) is 13.0. The first-order chi connectivity index (χ1) is 15.8. The van der Waals surface area contributed by atoms with Crippen LogP contribution in [0.3, 0.4) is 0 Å². The van der Waals surface area contributed by atoms with Crippen molar-refractivity contribution in [3.05, 3.63) is 65.7 Å². The fourth-order valence-corrected chi connectivity index (χ4v) is 4.29. The highest BCUT2D eigenvalue weighted by Gasteiger charge is 2.47. The van der Waals surface area contributed by atoms with Crippen LogP contribution >= 0.6 is 0 Å². The molecule has 2 atom stereocenters. The first-order valence-corrected chi connectivity index (χ1v) is 10.6. The van der Waals surface area contributed by atoms with E-state index in [1.165, 1.54) is 17.0 Å². The van der Waals surface area contributed by atoms with Crippen molar-refractivity contribution in [2.45, 2.75) is 31.7 Å². The van der Waals surface area contributed by atoms with Gasteiger partial charge in [-0.15, -0.1) is 0 Å². The summed E-state index contributed by atoms with van der Waals surface area (Å²) in [4.78, 5) is 41.4. The topological polar surface area (TPSA) is 81.8 Å². The summed E-state index contributed by atoms with van der Waals surface area (Å²) >= 11 is 0. The largest absolute Gasteiger partial charge is 0.418 e. The molecule has 33 heavy (non-hydrogen) atoms. The Morgan fingerprint density at radius 1 is 1.06 bits per heavy atom. The van der Waals surface area contributed by atoms with E-state index in [0.717, 1.165) is 29.0 Å². The first kappa shape index (κ1) is 22.8. The van der Waals surface area contributed by atoms with Gasteiger partial charge in [0.15, 0.2) is 0 Å². The summed E-state index contributed by atoms with van der Waals surface area (Å²) in [7, 11) is 0. The fourth-order valence-electron chi connectivity index (χ4n) is 4.29. The Labute approximate surface area is 188 Å². The van der Waals surface area contributed by atoms with E-state index >= 15 is 0 Å². The molecule has 2 fully saturated rings. The number of amides is 4. The van der Waals surface area contributed by atoms with Gasteiger partial charge in [0.1, 0.15) is 6.54 Å². The number of nitrogens with zero attached hydrogens (tertiary/aromatic N) is 2. The third-order valence-electron chi connectivity index (χ3n) is 5.83. The SMILES string of the molecule is O=C(CN1C(=O)N(Cc2ccccc2)C(=O)C2CCCNC21)Nc1ccccc1C(F)(F)F. The molecular weight excluding hydrogens is 437 g/mol. The predicted molar refractivity (Wildman–Crippen MR) is 114 cm³/mol. The van der Waals surface area contributed by atoms with Crippen molar-refractivity contribution in [3.8, 4) is 0 Å². The number of hydrogen-bond donors (Lipinski definition) is 2. The molecule has 2 aliphatic heterocycles. The van der Waals surface area contributed by atoms with Crippen molar-refractivity contribution in [1.82, 2.24) is 15.1 Å². The molecule has 0 bridgehead atoms. The van der Waals surface area contributed by atoms with Gasteiger partial charge in [-0.1, -0.05) is 42.5 Å². The number of anilines is 1. The number of nitrogens with one attached hydrogen (secondary N) is 2. The van der Waals surface area contributed by atoms with Crippen molar-refractivity contribution in [2.75, 3.05) is 18.4 Å². The highest BCUT2D eigenvalue weighted by Crippen LogP contribution is 2.35. The van der Waals surface area contributed by atoms with Gasteiger partial charge in [-0.2, -0.15) is 13.2 Å². The van der Waals surface area contributed by atoms with Crippen molar-refractivity contribution in [1.29, 1.82) is 0 Å². The van der Waals surface area contributed by atoms with Crippen molar-refractivity contribution < 1.29 is 27.6 Å². The Bertz CT molecular complexity index is 1040. The van der Waals surface area contributed by atoms with Crippen molar-refractivity contribution in [2.24, 2.45) is 5.92 Å². The molecule has 2 heterocycles. The molecular formula is C23H23F3N4O3. The molecule has 2 aromatic carbocycles. The Hall–Kier alpha value is -3.40. The quantitative estimate of drug-likeness (QED) is 0.717. The number of hydrogen-bond acceptors (Lipinski definition) is 4. The number of imide groups is 1. The molecule has 0 aliphatic carbocycles. The van der Waals surface area contributed by atoms with Gasteiger partial charge in [0, 0.05) is 0 Å². The lowest BCUT2D eigenvalue weighted by Crippen LogP contribution is -2.68. The number of para-hydroxylation sites is 1. The van der Waals surface area contributed by atoms with E-state index in [-0.39, 0.29) is 18.1 Å². The summed E-state index contributed by atoms with van der Waals surface area (Å²) in [5.74, 6) is -1.63. The molecule has 2 unspecified atom stereocenters. The molecule has 0 saturated carbocycles. The number of halogens is 3. The van der Waals surface area contributed by atoms with Crippen LogP contribution in [0, 0.1) is 5.92 Å². The monoisotopic (exact) mass is 460 g/mol. The van der Waals surface area contributed by atoms with Gasteiger partial charge >= 0.3 is 12.2 Å². The van der Waals surface area contributed by atoms with Crippen molar-refractivity contribution >= 4 is 23.5 Å². The van der Waals surface area contributed by atoms with Gasteiger partial charge in [-0.3, -0.25) is 24.7 Å². The highest BCUT2D eigenvalue weighted by atomic mass is 19.4. The lowest BCUT2D eigenvalue weighted by molar-refractivity contribution is -0.143. The van der Waals surface area contributed by atoms with Crippen LogP contribution in [0.2, 0.25) is 0 Å². The predicted octanol–water partition coefficient (Wildman–Crippen LogP) is 3.43. The maximum Gasteiger partial charge on any atom is 0.418 e. The number of fused-ring (bicyclic) bond motifs is 1. The number of urea groups is 1. The number of piperidine rings is 1. The second-order valence-corrected chi connectivity index (χ2v) is 8.06. The Morgan fingerprint density at radius 3 is 2.48 bits per heavy atom. The normalized spacial score (nSPS) is 21.1. The maximum atomic E-state index is 13.3. The third-order valence-corrected chi connectivity index (χ3v) is 5.83. The number of benzene rings is 2. The summed E-state index contributed by atoms with van der Waals surface area (Å²) in [6.07, 6.45) is -4.04. The van der Waals surface area contributed by atoms with Gasteiger partial charge in [-0.05, 0) is 37.1 Å². The molecule has 10 heteroatoms. The molecule has 7 nitrogen and oxygen atoms in total. The summed E-state index contributed by atoms with van der Waals surface area (Å²) < 4.78 is 39.8. The second-order valence-electron chi connectivity index (χ2n) is 8.06. The molecule has 2 aliphatic rings. The summed E-state index contributed by atoms with van der Waals surface area (Å²) in [5, 5.41) is 5.39. The van der Waals surface area contributed by atoms with Crippen LogP contribution in [0.25, 0.3) is 0 Å². The lowest BCUT2D eigenvalue weighted by Gasteiger charge is -2.46. The zero-order valence-corrected chi connectivity index (χ0v) is 17.6. The molecule has 4 rings (SSSR count). The molecule has 2 saturated heterocycles. The average molecular weight is 460 g/mol. The van der Waals surface area contributed by atoms with Gasteiger partial charge in [-0.25, -0.2) is 4.79 Å². The maximum absolute atomic E-state index is 13.3. The molecule has 0 radical (unpaired) electrons. The number of rotatable bonds is 5. The van der Waals surface area contributed by atoms with Gasteiger partial charge in [0.2, 0.25) is 11.8 Å². The smallest absolute Gasteiger partial charge is 0.324 e.